The molecule has 0 bridgehead atoms. The normalized spacial score (nSPS) is 23.3. The van der Waals surface area contributed by atoms with E-state index in [0.29, 0.717) is 19.8 Å². The van der Waals surface area contributed by atoms with Gasteiger partial charge < -0.3 is 15.2 Å². The number of carbonyl (C=O) groups is 1. The Morgan fingerprint density at radius 2 is 2.05 bits per heavy atom. The zero-order valence-corrected chi connectivity index (χ0v) is 13.1. The van der Waals surface area contributed by atoms with E-state index in [1.807, 2.05) is 45.0 Å². The van der Waals surface area contributed by atoms with Crippen LogP contribution >= 0.6 is 0 Å². The van der Waals surface area contributed by atoms with Crippen molar-refractivity contribution in [3.63, 3.8) is 0 Å². The molecule has 116 valence electrons. The van der Waals surface area contributed by atoms with Crippen LogP contribution in [0.3, 0.4) is 0 Å². The second-order valence-electron chi connectivity index (χ2n) is 6.05. The van der Waals surface area contributed by atoms with Gasteiger partial charge >= 0.3 is 5.97 Å². The van der Waals surface area contributed by atoms with Crippen molar-refractivity contribution in [3.8, 4) is 0 Å². The van der Waals surface area contributed by atoms with Crippen molar-refractivity contribution < 1.29 is 14.3 Å². The quantitative estimate of drug-likeness (QED) is 0.847. The zero-order valence-electron chi connectivity index (χ0n) is 13.1. The van der Waals surface area contributed by atoms with Crippen LogP contribution in [0.2, 0.25) is 0 Å². The Morgan fingerprint density at radius 3 is 2.52 bits per heavy atom. The van der Waals surface area contributed by atoms with Crippen LogP contribution in [-0.4, -0.2) is 25.8 Å². The van der Waals surface area contributed by atoms with Gasteiger partial charge in [-0.3, -0.25) is 4.79 Å². The first kappa shape index (κ1) is 16.0. The molecule has 1 aromatic carbocycles. The van der Waals surface area contributed by atoms with E-state index in [0.717, 1.165) is 17.5 Å². The maximum atomic E-state index is 12.1. The van der Waals surface area contributed by atoms with Crippen molar-refractivity contribution in [2.45, 2.75) is 38.6 Å². The summed E-state index contributed by atoms with van der Waals surface area (Å²) >= 11 is 0. The monoisotopic (exact) mass is 291 g/mol. The summed E-state index contributed by atoms with van der Waals surface area (Å²) in [5.74, 6) is -0.198. The molecule has 21 heavy (non-hydrogen) atoms. The fourth-order valence-electron chi connectivity index (χ4n) is 2.86. The van der Waals surface area contributed by atoms with Gasteiger partial charge in [0.15, 0.2) is 0 Å². The van der Waals surface area contributed by atoms with Crippen molar-refractivity contribution in [2.24, 2.45) is 11.7 Å². The maximum Gasteiger partial charge on any atom is 0.313 e. The third-order valence-electron chi connectivity index (χ3n) is 4.10. The molecule has 1 saturated heterocycles. The average Bonchev–Trinajstić information content (AvgIpc) is 2.88. The van der Waals surface area contributed by atoms with Crippen molar-refractivity contribution in [1.29, 1.82) is 0 Å². The van der Waals surface area contributed by atoms with Gasteiger partial charge in [-0.05, 0) is 30.4 Å². The number of nitrogens with two attached hydrogens (primary N) is 1. The highest BCUT2D eigenvalue weighted by Gasteiger charge is 2.33. The molecule has 1 aliphatic heterocycles. The number of esters is 1. The van der Waals surface area contributed by atoms with Crippen molar-refractivity contribution in [1.82, 2.24) is 0 Å². The van der Waals surface area contributed by atoms with Crippen LogP contribution in [0.25, 0.3) is 0 Å². The van der Waals surface area contributed by atoms with Crippen molar-refractivity contribution in [2.75, 3.05) is 19.8 Å². The molecule has 2 atom stereocenters. The van der Waals surface area contributed by atoms with E-state index in [9.17, 15) is 4.79 Å². The van der Waals surface area contributed by atoms with Gasteiger partial charge in [0.2, 0.25) is 0 Å². The third-order valence-corrected chi connectivity index (χ3v) is 4.10. The number of carbonyl (C=O) groups excluding carboxylic acids is 1. The first-order valence-corrected chi connectivity index (χ1v) is 7.61. The van der Waals surface area contributed by atoms with Crippen molar-refractivity contribution in [3.05, 3.63) is 35.4 Å². The molecule has 2 N–H and O–H groups in total. The van der Waals surface area contributed by atoms with Crippen LogP contribution in [0.1, 0.15) is 44.2 Å². The van der Waals surface area contributed by atoms with Gasteiger partial charge in [0.05, 0.1) is 24.7 Å². The highest BCUT2D eigenvalue weighted by Crippen LogP contribution is 2.31. The number of rotatable bonds is 5. The molecule has 1 fully saturated rings. The highest BCUT2D eigenvalue weighted by atomic mass is 16.5. The Kier molecular flexibility index (Phi) is 5.01. The largest absolute Gasteiger partial charge is 0.466 e. The Hall–Kier alpha value is -1.39. The van der Waals surface area contributed by atoms with E-state index in [4.69, 9.17) is 15.2 Å². The Labute approximate surface area is 126 Å². The van der Waals surface area contributed by atoms with E-state index < -0.39 is 5.54 Å². The molecular weight excluding hydrogens is 266 g/mol. The first-order chi connectivity index (χ1) is 9.98. The van der Waals surface area contributed by atoms with Crippen LogP contribution in [0, 0.1) is 5.92 Å². The minimum Gasteiger partial charge on any atom is -0.466 e. The predicted octanol–water partition coefficient (Wildman–Crippen LogP) is 2.56. The van der Waals surface area contributed by atoms with Gasteiger partial charge in [-0.15, -0.1) is 0 Å². The topological polar surface area (TPSA) is 61.5 Å². The number of benzene rings is 1. The summed E-state index contributed by atoms with van der Waals surface area (Å²) in [6.07, 6.45) is 0.831. The van der Waals surface area contributed by atoms with Crippen LogP contribution in [0.4, 0.5) is 0 Å². The second-order valence-corrected chi connectivity index (χ2v) is 6.05. The lowest BCUT2D eigenvalue weighted by Gasteiger charge is -2.24. The molecule has 1 aromatic rings. The molecule has 1 heterocycles. The zero-order chi connectivity index (χ0) is 15.5. The SMILES string of the molecule is CCOC(=O)C(c1ccc(C2(N)CCOC2)cc1)C(C)C. The summed E-state index contributed by atoms with van der Waals surface area (Å²) in [7, 11) is 0. The van der Waals surface area contributed by atoms with Crippen LogP contribution in [-0.2, 0) is 19.8 Å². The third kappa shape index (κ3) is 3.44. The van der Waals surface area contributed by atoms with Crippen molar-refractivity contribution >= 4 is 5.97 Å². The summed E-state index contributed by atoms with van der Waals surface area (Å²) < 4.78 is 10.6. The fraction of sp³-hybridized carbons (Fsp3) is 0.588. The minimum absolute atomic E-state index is 0.160. The van der Waals surface area contributed by atoms with E-state index >= 15 is 0 Å². The molecule has 1 aliphatic rings. The minimum atomic E-state index is -0.393. The van der Waals surface area contributed by atoms with E-state index in [1.54, 1.807) is 0 Å². The summed E-state index contributed by atoms with van der Waals surface area (Å²) in [5, 5.41) is 0. The summed E-state index contributed by atoms with van der Waals surface area (Å²) in [5.41, 5.74) is 8.01. The number of hydrogen-bond acceptors (Lipinski definition) is 4. The Morgan fingerprint density at radius 1 is 1.38 bits per heavy atom. The predicted molar refractivity (Wildman–Crippen MR) is 82.0 cm³/mol. The molecular formula is C17H25NO3. The van der Waals surface area contributed by atoms with Gasteiger partial charge in [0.1, 0.15) is 0 Å². The lowest BCUT2D eigenvalue weighted by molar-refractivity contribution is -0.146. The van der Waals surface area contributed by atoms with E-state index in [1.165, 1.54) is 0 Å². The standard InChI is InChI=1S/C17H25NO3/c1-4-21-16(19)15(12(2)3)13-5-7-14(8-6-13)17(18)9-10-20-11-17/h5-8,12,15H,4,9-11,18H2,1-3H3. The van der Waals surface area contributed by atoms with Gasteiger partial charge in [0.25, 0.3) is 0 Å². The molecule has 2 rings (SSSR count). The summed E-state index contributed by atoms with van der Waals surface area (Å²) in [6, 6.07) is 8.00. The summed E-state index contributed by atoms with van der Waals surface area (Å²) in [4.78, 5) is 12.1. The molecule has 0 saturated carbocycles. The first-order valence-electron chi connectivity index (χ1n) is 7.61. The summed E-state index contributed by atoms with van der Waals surface area (Å²) in [6.45, 7) is 7.56. The molecule has 4 nitrogen and oxygen atoms in total. The Bertz CT molecular complexity index is 475. The molecule has 0 aliphatic carbocycles. The van der Waals surface area contributed by atoms with Gasteiger partial charge in [-0.1, -0.05) is 38.1 Å². The molecule has 0 amide bonds. The molecule has 0 spiro atoms. The Balaban J connectivity index is 2.21. The van der Waals surface area contributed by atoms with Gasteiger partial charge in [-0.2, -0.15) is 0 Å². The van der Waals surface area contributed by atoms with Crippen LogP contribution in [0.15, 0.2) is 24.3 Å². The van der Waals surface area contributed by atoms with E-state index in [-0.39, 0.29) is 17.8 Å². The lowest BCUT2D eigenvalue weighted by Crippen LogP contribution is -2.37. The maximum absolute atomic E-state index is 12.1. The average molecular weight is 291 g/mol. The second kappa shape index (κ2) is 6.58. The molecule has 4 heteroatoms. The van der Waals surface area contributed by atoms with Crippen LogP contribution < -0.4 is 5.73 Å². The highest BCUT2D eigenvalue weighted by molar-refractivity contribution is 5.78. The smallest absolute Gasteiger partial charge is 0.313 e. The van der Waals surface area contributed by atoms with Gasteiger partial charge in [-0.25, -0.2) is 0 Å². The fourth-order valence-corrected chi connectivity index (χ4v) is 2.86. The lowest BCUT2D eigenvalue weighted by atomic mass is 9.85. The van der Waals surface area contributed by atoms with E-state index in [2.05, 4.69) is 0 Å². The molecule has 0 aromatic heterocycles. The number of hydrogen-bond donors (Lipinski definition) is 1. The van der Waals surface area contributed by atoms with Gasteiger partial charge in [0, 0.05) is 6.61 Å². The molecule has 2 unspecified atom stereocenters. The molecule has 0 radical (unpaired) electrons. The van der Waals surface area contributed by atoms with Crippen LogP contribution in [0.5, 0.6) is 0 Å². The number of ether oxygens (including phenoxy) is 2.